The van der Waals surface area contributed by atoms with E-state index in [1.165, 1.54) is 18.4 Å². The van der Waals surface area contributed by atoms with Crippen LogP contribution in [0.3, 0.4) is 0 Å². The molecule has 0 aliphatic heterocycles. The summed E-state index contributed by atoms with van der Waals surface area (Å²) in [7, 11) is 0. The van der Waals surface area contributed by atoms with Crippen molar-refractivity contribution < 1.29 is 14.7 Å². The summed E-state index contributed by atoms with van der Waals surface area (Å²) >= 11 is 0. The highest BCUT2D eigenvalue weighted by Gasteiger charge is 2.57. The summed E-state index contributed by atoms with van der Waals surface area (Å²) in [4.78, 5) is 25.8. The van der Waals surface area contributed by atoms with Gasteiger partial charge in [0.1, 0.15) is 6.29 Å². The van der Waals surface area contributed by atoms with Crippen LogP contribution < -0.4 is 0 Å². The van der Waals surface area contributed by atoms with E-state index in [2.05, 4.69) is 48.5 Å². The number of hydrogen-bond acceptors (Lipinski definition) is 3. The fraction of sp³-hybridized carbons (Fsp3) is 0.862. The molecule has 6 atom stereocenters. The minimum atomic E-state index is -0.427. The first-order valence-corrected chi connectivity index (χ1v) is 13.3. The lowest BCUT2D eigenvalue weighted by molar-refractivity contribution is -0.133. The smallest absolute Gasteiger partial charge is 0.164 e. The Hall–Kier alpha value is -0.960. The number of aliphatic hydroxyl groups excluding tert-OH is 1. The zero-order valence-corrected chi connectivity index (χ0v) is 21.8. The predicted octanol–water partition coefficient (Wildman–Crippen LogP) is 6.92. The number of fused-ring (bicyclic) bond motifs is 2. The molecule has 0 heterocycles. The maximum Gasteiger partial charge on any atom is 0.164 e. The highest BCUT2D eigenvalue weighted by molar-refractivity contribution is 6.02. The van der Waals surface area contributed by atoms with Crippen LogP contribution in [-0.2, 0) is 9.59 Å². The first-order chi connectivity index (χ1) is 14.9. The first-order valence-electron chi connectivity index (χ1n) is 13.3. The van der Waals surface area contributed by atoms with Gasteiger partial charge in [0.25, 0.3) is 0 Å². The summed E-state index contributed by atoms with van der Waals surface area (Å²) in [6.45, 7) is 15.8. The number of hydrogen-bond donors (Lipinski definition) is 1. The largest absolute Gasteiger partial charge is 0.393 e. The third-order valence-corrected chi connectivity index (χ3v) is 10.2. The Bertz CT molecular complexity index is 748. The second-order valence-electron chi connectivity index (χ2n) is 12.9. The Morgan fingerprint density at radius 2 is 1.72 bits per heavy atom. The van der Waals surface area contributed by atoms with E-state index in [9.17, 15) is 14.7 Å². The molecule has 0 aromatic heterocycles. The van der Waals surface area contributed by atoms with Crippen LogP contribution in [-0.4, -0.2) is 23.3 Å². The van der Waals surface area contributed by atoms with E-state index in [-0.39, 0.29) is 22.9 Å². The molecule has 0 radical (unpaired) electrons. The van der Waals surface area contributed by atoms with Crippen molar-refractivity contribution in [3.63, 3.8) is 0 Å². The summed E-state index contributed by atoms with van der Waals surface area (Å²) in [5.41, 5.74) is 1.98. The molecule has 3 heteroatoms. The average molecular weight is 445 g/mol. The van der Waals surface area contributed by atoms with Gasteiger partial charge in [-0.1, -0.05) is 73.3 Å². The van der Waals surface area contributed by atoms with Gasteiger partial charge in [0.2, 0.25) is 0 Å². The molecule has 1 N–H and O–H groups in total. The number of rotatable bonds is 8. The lowest BCUT2D eigenvalue weighted by Crippen LogP contribution is -2.54. The lowest BCUT2D eigenvalue weighted by atomic mass is 9.46. The first kappa shape index (κ1) is 25.7. The molecule has 1 saturated carbocycles. The van der Waals surface area contributed by atoms with Gasteiger partial charge in [-0.2, -0.15) is 0 Å². The molecule has 32 heavy (non-hydrogen) atoms. The van der Waals surface area contributed by atoms with E-state index in [1.54, 1.807) is 0 Å². The zero-order valence-electron chi connectivity index (χ0n) is 21.8. The summed E-state index contributed by atoms with van der Waals surface area (Å²) in [5.74, 6) is 1.97. The number of aldehydes is 1. The van der Waals surface area contributed by atoms with Crippen molar-refractivity contribution in [1.29, 1.82) is 0 Å². The maximum absolute atomic E-state index is 14.1. The zero-order chi connectivity index (χ0) is 23.9. The SMILES string of the molecule is CC(C)CCC[C@@H](C)[C@@H](CC=O)[C@@]1(C)CCC2=C(CC[C@H]3C(C)(C)[C@@H](O)CC[C@]23C)C1=O. The van der Waals surface area contributed by atoms with Crippen LogP contribution in [0.1, 0.15) is 113 Å². The number of carbonyl (C=O) groups excluding carboxylic acids is 2. The molecule has 0 spiro atoms. The van der Waals surface area contributed by atoms with E-state index in [0.29, 0.717) is 30.0 Å². The lowest BCUT2D eigenvalue weighted by Gasteiger charge is -2.58. The maximum atomic E-state index is 14.1. The van der Waals surface area contributed by atoms with Gasteiger partial charge in [-0.15, -0.1) is 0 Å². The Kier molecular flexibility index (Phi) is 7.50. The Morgan fingerprint density at radius 3 is 2.34 bits per heavy atom. The number of carbonyl (C=O) groups is 2. The number of aliphatic hydroxyl groups is 1. The van der Waals surface area contributed by atoms with E-state index in [1.807, 2.05) is 0 Å². The molecule has 0 saturated heterocycles. The highest BCUT2D eigenvalue weighted by Crippen LogP contribution is 2.63. The predicted molar refractivity (Wildman–Crippen MR) is 131 cm³/mol. The molecule has 3 aliphatic rings. The highest BCUT2D eigenvalue weighted by atomic mass is 16.3. The molecule has 182 valence electrons. The number of Topliss-reactive ketones (excluding diaryl/α,β-unsaturated/α-hetero) is 1. The third kappa shape index (κ3) is 4.28. The standard InChI is InChI=1S/C29H48O3/c1-19(2)9-8-10-20(3)22(15-18-30)29(7)16-13-23-21(26(29)32)11-12-24-27(4,5)25(31)14-17-28(23,24)6/h18-20,22,24-25,31H,8-17H2,1-7H3/t20-,22-,24+,25+,28-,29-/m1/s1. The molecule has 3 aliphatic carbocycles. The van der Waals surface area contributed by atoms with Crippen molar-refractivity contribution in [2.24, 2.45) is 39.9 Å². The molecule has 3 nitrogen and oxygen atoms in total. The Morgan fingerprint density at radius 1 is 1.03 bits per heavy atom. The normalized spacial score (nSPS) is 36.5. The van der Waals surface area contributed by atoms with Crippen LogP contribution in [0.15, 0.2) is 11.1 Å². The monoisotopic (exact) mass is 444 g/mol. The third-order valence-electron chi connectivity index (χ3n) is 10.2. The molecule has 0 aromatic rings. The van der Waals surface area contributed by atoms with Gasteiger partial charge in [-0.3, -0.25) is 4.79 Å². The second kappa shape index (κ2) is 9.35. The van der Waals surface area contributed by atoms with E-state index in [0.717, 1.165) is 56.8 Å². The molecule has 0 amide bonds. The fourth-order valence-electron chi connectivity index (χ4n) is 8.03. The fourth-order valence-corrected chi connectivity index (χ4v) is 8.03. The topological polar surface area (TPSA) is 54.4 Å². The number of ketones is 1. The van der Waals surface area contributed by atoms with Gasteiger partial charge in [0, 0.05) is 11.8 Å². The van der Waals surface area contributed by atoms with E-state index in [4.69, 9.17) is 0 Å². The molecule has 0 aromatic carbocycles. The van der Waals surface area contributed by atoms with Crippen molar-refractivity contribution in [2.45, 2.75) is 119 Å². The molecule has 0 bridgehead atoms. The number of allylic oxidation sites excluding steroid dienone is 2. The van der Waals surface area contributed by atoms with Crippen LogP contribution >= 0.6 is 0 Å². The molecular formula is C29H48O3. The van der Waals surface area contributed by atoms with Crippen molar-refractivity contribution in [3.05, 3.63) is 11.1 Å². The van der Waals surface area contributed by atoms with Gasteiger partial charge in [-0.05, 0) is 78.6 Å². The van der Waals surface area contributed by atoms with Crippen molar-refractivity contribution in [3.8, 4) is 0 Å². The molecule has 0 unspecified atom stereocenters. The van der Waals surface area contributed by atoms with Crippen molar-refractivity contribution in [1.82, 2.24) is 0 Å². The summed E-state index contributed by atoms with van der Waals surface area (Å²) < 4.78 is 0. The van der Waals surface area contributed by atoms with E-state index >= 15 is 0 Å². The summed E-state index contributed by atoms with van der Waals surface area (Å²) in [5, 5.41) is 10.7. The van der Waals surface area contributed by atoms with Crippen LogP contribution in [0, 0.1) is 39.9 Å². The Balaban J connectivity index is 1.89. The van der Waals surface area contributed by atoms with Gasteiger partial charge in [-0.25, -0.2) is 0 Å². The minimum absolute atomic E-state index is 0.0241. The van der Waals surface area contributed by atoms with Crippen LogP contribution in [0.2, 0.25) is 0 Å². The second-order valence-corrected chi connectivity index (χ2v) is 12.9. The van der Waals surface area contributed by atoms with Gasteiger partial charge < -0.3 is 9.90 Å². The Labute approximate surface area is 196 Å². The van der Waals surface area contributed by atoms with Gasteiger partial charge >= 0.3 is 0 Å². The quantitative estimate of drug-likeness (QED) is 0.413. The molecular weight excluding hydrogens is 396 g/mol. The summed E-state index contributed by atoms with van der Waals surface area (Å²) in [6.07, 6.45) is 10.2. The van der Waals surface area contributed by atoms with Crippen molar-refractivity contribution in [2.75, 3.05) is 0 Å². The summed E-state index contributed by atoms with van der Waals surface area (Å²) in [6, 6.07) is 0. The van der Waals surface area contributed by atoms with Crippen LogP contribution in [0.25, 0.3) is 0 Å². The van der Waals surface area contributed by atoms with Gasteiger partial charge in [0.15, 0.2) is 5.78 Å². The van der Waals surface area contributed by atoms with Crippen LogP contribution in [0.5, 0.6) is 0 Å². The average Bonchev–Trinajstić information content (AvgIpc) is 2.71. The molecule has 1 fully saturated rings. The van der Waals surface area contributed by atoms with Crippen LogP contribution in [0.4, 0.5) is 0 Å². The molecule has 3 rings (SSSR count). The van der Waals surface area contributed by atoms with Crippen molar-refractivity contribution >= 4 is 12.1 Å². The van der Waals surface area contributed by atoms with E-state index < -0.39 is 5.41 Å². The van der Waals surface area contributed by atoms with Gasteiger partial charge in [0.05, 0.1) is 6.10 Å². The minimum Gasteiger partial charge on any atom is -0.393 e.